The van der Waals surface area contributed by atoms with Crippen LogP contribution in [0.15, 0.2) is 24.3 Å². The number of carbonyl (C=O) groups excluding carboxylic acids is 2. The van der Waals surface area contributed by atoms with E-state index in [0.717, 1.165) is 4.31 Å². The highest BCUT2D eigenvalue weighted by Crippen LogP contribution is 2.47. The summed E-state index contributed by atoms with van der Waals surface area (Å²) in [5.41, 5.74) is 0.647. The van der Waals surface area contributed by atoms with Gasteiger partial charge in [-0.2, -0.15) is 0 Å². The second-order valence-electron chi connectivity index (χ2n) is 3.84. The smallest absolute Gasteiger partial charge is 0.287 e. The number of benzene rings is 1. The average Bonchev–Trinajstić information content (AvgIpc) is 2.65. The summed E-state index contributed by atoms with van der Waals surface area (Å²) in [6.07, 6.45) is 0. The minimum absolute atomic E-state index is 0.223. The number of carbonyl (C=O) groups is 2. The van der Waals surface area contributed by atoms with Crippen molar-refractivity contribution < 1.29 is 23.5 Å². The molecule has 1 aliphatic heterocycles. The predicted octanol–water partition coefficient (Wildman–Crippen LogP) is 2.02. The fourth-order valence-corrected chi connectivity index (χ4v) is 5.11. The van der Waals surface area contributed by atoms with Gasteiger partial charge in [0.05, 0.1) is 24.3 Å². The quantitative estimate of drug-likeness (QED) is 0.389. The fourth-order valence-electron chi connectivity index (χ4n) is 1.76. The van der Waals surface area contributed by atoms with Crippen LogP contribution in [0.25, 0.3) is 0 Å². The maximum atomic E-state index is 12.2. The zero-order valence-electron chi connectivity index (χ0n) is 11.1. The highest BCUT2D eigenvalue weighted by molar-refractivity contribution is 8.16. The molecule has 0 spiro atoms. The van der Waals surface area contributed by atoms with Gasteiger partial charge >= 0.3 is 29.7 Å². The number of rotatable bonds is 5. The molecule has 108 valence electrons. The van der Waals surface area contributed by atoms with E-state index in [4.69, 9.17) is 9.05 Å². The molecule has 0 saturated heterocycles. The van der Waals surface area contributed by atoms with Gasteiger partial charge in [0.15, 0.2) is 0 Å². The Balaban J connectivity index is 2.40. The molecule has 0 fully saturated rings. The molecule has 1 N–H and O–H groups in total. The van der Waals surface area contributed by atoms with Crippen LogP contribution in [0.5, 0.6) is 0 Å². The van der Waals surface area contributed by atoms with Crippen molar-refractivity contribution in [2.75, 3.05) is 13.2 Å². The number of fused-ring (bicyclic) bond motifs is 1. The summed E-state index contributed by atoms with van der Waals surface area (Å²) in [5.74, 6) is -0.929. The first-order valence-corrected chi connectivity index (χ1v) is 9.06. The summed E-state index contributed by atoms with van der Waals surface area (Å²) < 4.78 is 11.3. The van der Waals surface area contributed by atoms with Gasteiger partial charge in [0.25, 0.3) is 0 Å². The molecule has 2 amide bonds. The number of nitrogens with zero attached hydrogens (tertiary/aromatic N) is 1. The third-order valence-electron chi connectivity index (χ3n) is 2.53. The lowest BCUT2D eigenvalue weighted by Crippen LogP contribution is -2.25. The molecule has 1 heterocycles. The number of hydrogen-bond donors (Lipinski definition) is 1. The maximum absolute atomic E-state index is 12.2. The summed E-state index contributed by atoms with van der Waals surface area (Å²) in [6.45, 7) is 0.527. The van der Waals surface area contributed by atoms with E-state index in [9.17, 15) is 14.5 Å². The van der Waals surface area contributed by atoms with Crippen LogP contribution in [0.1, 0.15) is 34.6 Å². The summed E-state index contributed by atoms with van der Waals surface area (Å²) in [4.78, 5) is 34.6. The Hall–Kier alpha value is -1.11. The predicted molar refractivity (Wildman–Crippen MR) is 76.7 cm³/mol. The van der Waals surface area contributed by atoms with Crippen LogP contribution in [0, 0.1) is 0 Å². The largest absolute Gasteiger partial charge is 0.555 e. The molecule has 0 radical (unpaired) electrons. The van der Waals surface area contributed by atoms with Crippen molar-refractivity contribution in [1.82, 2.24) is 4.31 Å². The van der Waals surface area contributed by atoms with Crippen LogP contribution < -0.4 is 0 Å². The minimum atomic E-state index is -3.32. The molecular weight excluding hydrogens is 301 g/mol. The maximum Gasteiger partial charge on any atom is 0.555 e. The molecule has 20 heavy (non-hydrogen) atoms. The van der Waals surface area contributed by atoms with Gasteiger partial charge in [-0.05, 0) is 30.3 Å². The van der Waals surface area contributed by atoms with Gasteiger partial charge < -0.3 is 0 Å². The lowest BCUT2D eigenvalue weighted by molar-refractivity contribution is 0.0776. The molecule has 1 aromatic rings. The zero-order chi connectivity index (χ0) is 14.8. The Bertz CT molecular complexity index is 558. The highest BCUT2D eigenvalue weighted by Gasteiger charge is 2.47. The standard InChI is InChI=1S/C12H15NO5PS/c1-3-17-19(16,18-4-2)20-13-11(14)9-7-5-6-8-10(9)12(13)15/h5-8,16H,3-4H2,1-2H3/q+1. The third-order valence-corrected chi connectivity index (χ3v) is 6.14. The lowest BCUT2D eigenvalue weighted by Gasteiger charge is -2.07. The van der Waals surface area contributed by atoms with Crippen molar-refractivity contribution in [1.29, 1.82) is 0 Å². The van der Waals surface area contributed by atoms with Gasteiger partial charge in [-0.1, -0.05) is 12.1 Å². The van der Waals surface area contributed by atoms with Crippen LogP contribution >= 0.6 is 6.72 Å². The summed E-state index contributed by atoms with van der Waals surface area (Å²) in [6, 6.07) is 6.53. The van der Waals surface area contributed by atoms with Crippen LogP contribution in [-0.2, 0) is 20.2 Å². The minimum Gasteiger partial charge on any atom is -0.287 e. The normalized spacial score (nSPS) is 14.7. The van der Waals surface area contributed by atoms with Crippen molar-refractivity contribution in [2.45, 2.75) is 13.8 Å². The van der Waals surface area contributed by atoms with Gasteiger partial charge in [-0.3, -0.25) is 23.5 Å². The molecule has 1 aliphatic rings. The van der Waals surface area contributed by atoms with Gasteiger partial charge in [0.1, 0.15) is 0 Å². The monoisotopic (exact) mass is 316 g/mol. The Morgan fingerprint density at radius 3 is 1.95 bits per heavy atom. The molecule has 0 aliphatic carbocycles. The van der Waals surface area contributed by atoms with E-state index in [1.165, 1.54) is 0 Å². The van der Waals surface area contributed by atoms with Gasteiger partial charge in [-0.25, -0.2) is 0 Å². The van der Waals surface area contributed by atoms with E-state index in [1.54, 1.807) is 38.1 Å². The van der Waals surface area contributed by atoms with Gasteiger partial charge in [-0.15, -0.1) is 0 Å². The second-order valence-corrected chi connectivity index (χ2v) is 7.69. The lowest BCUT2D eigenvalue weighted by atomic mass is 10.1. The fraction of sp³-hybridized carbons (Fsp3) is 0.333. The van der Waals surface area contributed by atoms with Crippen molar-refractivity contribution in [2.24, 2.45) is 0 Å². The van der Waals surface area contributed by atoms with E-state index in [0.29, 0.717) is 22.3 Å². The number of amides is 2. The molecule has 1 aromatic carbocycles. The Kier molecular flexibility index (Phi) is 4.67. The summed E-state index contributed by atoms with van der Waals surface area (Å²) >= 11 is 0.633. The molecule has 2 rings (SSSR count). The first kappa shape index (κ1) is 15.3. The van der Waals surface area contributed by atoms with Crippen LogP contribution in [-0.4, -0.2) is 34.2 Å². The number of hydrogen-bond acceptors (Lipinski definition) is 4. The average molecular weight is 316 g/mol. The Morgan fingerprint density at radius 2 is 1.55 bits per heavy atom. The molecule has 6 nitrogen and oxygen atoms in total. The highest BCUT2D eigenvalue weighted by atomic mass is 32.5. The Morgan fingerprint density at radius 1 is 1.10 bits per heavy atom. The van der Waals surface area contributed by atoms with Crippen molar-refractivity contribution in [3.05, 3.63) is 35.4 Å². The van der Waals surface area contributed by atoms with E-state index in [1.807, 2.05) is 0 Å². The van der Waals surface area contributed by atoms with Gasteiger partial charge in [0, 0.05) is 0 Å². The zero-order valence-corrected chi connectivity index (χ0v) is 12.8. The van der Waals surface area contributed by atoms with E-state index in [2.05, 4.69) is 0 Å². The molecule has 0 saturated carbocycles. The summed E-state index contributed by atoms with van der Waals surface area (Å²) in [5, 5.41) is 0. The first-order chi connectivity index (χ1) is 9.52. The molecular formula is C12H15NO5PS+. The van der Waals surface area contributed by atoms with Crippen molar-refractivity contribution >= 4 is 29.7 Å². The molecule has 0 atom stereocenters. The molecule has 0 unspecified atom stereocenters. The SMILES string of the molecule is CCOP(O)(OCC)=[S+]N1C(=O)c2ccccc2C1=O. The van der Waals surface area contributed by atoms with Crippen LogP contribution in [0.2, 0.25) is 0 Å². The molecule has 0 bridgehead atoms. The molecule has 8 heteroatoms. The van der Waals surface area contributed by atoms with Crippen molar-refractivity contribution in [3.8, 4) is 0 Å². The van der Waals surface area contributed by atoms with Crippen LogP contribution in [0.3, 0.4) is 0 Å². The topological polar surface area (TPSA) is 76.1 Å². The second kappa shape index (κ2) is 6.11. The Labute approximate surface area is 120 Å². The third kappa shape index (κ3) is 2.82. The van der Waals surface area contributed by atoms with Crippen molar-refractivity contribution in [3.63, 3.8) is 0 Å². The van der Waals surface area contributed by atoms with Gasteiger partial charge in [0.2, 0.25) is 0 Å². The van der Waals surface area contributed by atoms with E-state index in [-0.39, 0.29) is 13.2 Å². The first-order valence-electron chi connectivity index (χ1n) is 6.10. The summed E-state index contributed by atoms with van der Waals surface area (Å²) in [7, 11) is 0. The number of imide groups is 1. The van der Waals surface area contributed by atoms with Crippen LogP contribution in [0.4, 0.5) is 0 Å². The van der Waals surface area contributed by atoms with E-state index < -0.39 is 18.5 Å². The molecule has 0 aromatic heterocycles. The van der Waals surface area contributed by atoms with E-state index >= 15 is 0 Å².